The Labute approximate surface area is 148 Å². The molecule has 2 unspecified atom stereocenters. The smallest absolute Gasteiger partial charge is 0.191 e. The van der Waals surface area contributed by atoms with Crippen LogP contribution in [0.25, 0.3) is 0 Å². The molecule has 1 rings (SSSR count). The third-order valence-electron chi connectivity index (χ3n) is 4.13. The van der Waals surface area contributed by atoms with Crippen LogP contribution >= 0.6 is 0 Å². The maximum atomic E-state index is 5.79. The summed E-state index contributed by atoms with van der Waals surface area (Å²) >= 11 is 0. The van der Waals surface area contributed by atoms with E-state index in [2.05, 4.69) is 50.4 Å². The van der Waals surface area contributed by atoms with Crippen LogP contribution in [-0.2, 0) is 9.47 Å². The minimum Gasteiger partial charge on any atom is -0.379 e. The summed E-state index contributed by atoms with van der Waals surface area (Å²) in [5, 5.41) is 6.72. The van der Waals surface area contributed by atoms with Gasteiger partial charge in [0.15, 0.2) is 5.96 Å². The van der Waals surface area contributed by atoms with Crippen molar-refractivity contribution in [2.45, 2.75) is 52.2 Å². The van der Waals surface area contributed by atoms with Crippen molar-refractivity contribution in [3.63, 3.8) is 0 Å². The highest BCUT2D eigenvalue weighted by Gasteiger charge is 2.15. The summed E-state index contributed by atoms with van der Waals surface area (Å²) in [6.07, 6.45) is 3.46. The van der Waals surface area contributed by atoms with Crippen LogP contribution in [0.15, 0.2) is 4.99 Å². The molecule has 0 amide bonds. The van der Waals surface area contributed by atoms with Crippen LogP contribution in [0.2, 0.25) is 0 Å². The van der Waals surface area contributed by atoms with Gasteiger partial charge in [-0.2, -0.15) is 0 Å². The lowest BCUT2D eigenvalue weighted by Gasteiger charge is -2.24. The number of guanidine groups is 1. The highest BCUT2D eigenvalue weighted by Crippen LogP contribution is 2.09. The standard InChI is InChI=1S/C18H38N4O2/c1-6-19-18(21-13-16(22(4)5)12-15(2)3)20-9-7-10-24-17-8-11-23-14-17/h15-17H,6-14H2,1-5H3,(H2,19,20,21). The third-order valence-corrected chi connectivity index (χ3v) is 4.13. The lowest BCUT2D eigenvalue weighted by atomic mass is 10.0. The second kappa shape index (κ2) is 12.5. The molecule has 1 aliphatic heterocycles. The molecule has 0 saturated carbocycles. The molecule has 1 aliphatic rings. The molecule has 24 heavy (non-hydrogen) atoms. The molecule has 1 saturated heterocycles. The molecule has 0 spiro atoms. The number of hydrogen-bond acceptors (Lipinski definition) is 4. The van der Waals surface area contributed by atoms with Crippen molar-refractivity contribution in [1.82, 2.24) is 15.5 Å². The average Bonchev–Trinajstić information content (AvgIpc) is 3.03. The molecule has 0 aromatic heterocycles. The zero-order chi connectivity index (χ0) is 17.8. The molecule has 1 fully saturated rings. The molecular formula is C18H38N4O2. The Morgan fingerprint density at radius 2 is 2.12 bits per heavy atom. The predicted molar refractivity (Wildman–Crippen MR) is 101 cm³/mol. The second-order valence-corrected chi connectivity index (χ2v) is 7.10. The van der Waals surface area contributed by atoms with Crippen LogP contribution in [0.3, 0.4) is 0 Å². The van der Waals surface area contributed by atoms with E-state index in [-0.39, 0.29) is 0 Å². The van der Waals surface area contributed by atoms with Crippen LogP contribution in [-0.4, -0.2) is 76.6 Å². The molecule has 6 nitrogen and oxygen atoms in total. The zero-order valence-electron chi connectivity index (χ0n) is 16.3. The Morgan fingerprint density at radius 3 is 2.71 bits per heavy atom. The molecule has 1 heterocycles. The summed E-state index contributed by atoms with van der Waals surface area (Å²) in [6.45, 7) is 11.5. The zero-order valence-corrected chi connectivity index (χ0v) is 16.3. The van der Waals surface area contributed by atoms with Gasteiger partial charge in [0, 0.05) is 32.3 Å². The van der Waals surface area contributed by atoms with E-state index in [1.54, 1.807) is 0 Å². The molecule has 0 radical (unpaired) electrons. The maximum absolute atomic E-state index is 5.79. The lowest BCUT2D eigenvalue weighted by Crippen LogP contribution is -2.40. The molecule has 142 valence electrons. The number of likely N-dealkylation sites (N-methyl/N-ethyl adjacent to an activating group) is 1. The predicted octanol–water partition coefficient (Wildman–Crippen LogP) is 1.71. The highest BCUT2D eigenvalue weighted by molar-refractivity contribution is 5.79. The monoisotopic (exact) mass is 342 g/mol. The van der Waals surface area contributed by atoms with Crippen LogP contribution < -0.4 is 10.6 Å². The van der Waals surface area contributed by atoms with E-state index in [0.717, 1.165) is 64.7 Å². The minimum atomic E-state index is 0.295. The van der Waals surface area contributed by atoms with Crippen molar-refractivity contribution >= 4 is 5.96 Å². The number of nitrogens with zero attached hydrogens (tertiary/aromatic N) is 2. The molecular weight excluding hydrogens is 304 g/mol. The van der Waals surface area contributed by atoms with Gasteiger partial charge in [0.1, 0.15) is 0 Å². The van der Waals surface area contributed by atoms with E-state index in [9.17, 15) is 0 Å². The summed E-state index contributed by atoms with van der Waals surface area (Å²) in [7, 11) is 4.26. The van der Waals surface area contributed by atoms with Gasteiger partial charge in [-0.05, 0) is 46.2 Å². The fourth-order valence-electron chi connectivity index (χ4n) is 2.70. The van der Waals surface area contributed by atoms with Crippen LogP contribution in [0.4, 0.5) is 0 Å². The van der Waals surface area contributed by atoms with Crippen LogP contribution in [0.1, 0.15) is 40.0 Å². The highest BCUT2D eigenvalue weighted by atomic mass is 16.5. The topological polar surface area (TPSA) is 58.1 Å². The largest absolute Gasteiger partial charge is 0.379 e. The van der Waals surface area contributed by atoms with Gasteiger partial charge in [0.05, 0.1) is 19.3 Å². The average molecular weight is 343 g/mol. The van der Waals surface area contributed by atoms with E-state index in [4.69, 9.17) is 14.5 Å². The minimum absolute atomic E-state index is 0.295. The van der Waals surface area contributed by atoms with Gasteiger partial charge in [-0.3, -0.25) is 4.99 Å². The Bertz CT molecular complexity index is 342. The van der Waals surface area contributed by atoms with Gasteiger partial charge in [-0.25, -0.2) is 0 Å². The van der Waals surface area contributed by atoms with Gasteiger partial charge in [0.2, 0.25) is 0 Å². The Kier molecular flexibility index (Phi) is 11.0. The van der Waals surface area contributed by atoms with Crippen molar-refractivity contribution in [1.29, 1.82) is 0 Å². The van der Waals surface area contributed by atoms with E-state index in [1.165, 1.54) is 0 Å². The van der Waals surface area contributed by atoms with Crippen molar-refractivity contribution in [3.8, 4) is 0 Å². The first-order valence-electron chi connectivity index (χ1n) is 9.40. The number of ether oxygens (including phenoxy) is 2. The van der Waals surface area contributed by atoms with Crippen molar-refractivity contribution in [2.24, 2.45) is 10.9 Å². The summed E-state index contributed by atoms with van der Waals surface area (Å²) in [5.74, 6) is 1.58. The Hall–Kier alpha value is -0.850. The normalized spacial score (nSPS) is 20.0. The fourth-order valence-corrected chi connectivity index (χ4v) is 2.70. The van der Waals surface area contributed by atoms with E-state index in [0.29, 0.717) is 18.1 Å². The van der Waals surface area contributed by atoms with E-state index >= 15 is 0 Å². The summed E-state index contributed by atoms with van der Waals surface area (Å²) < 4.78 is 11.1. The molecule has 0 aromatic carbocycles. The Balaban J connectivity index is 2.29. The van der Waals surface area contributed by atoms with Crippen molar-refractivity contribution in [3.05, 3.63) is 0 Å². The summed E-state index contributed by atoms with van der Waals surface area (Å²) in [6, 6.07) is 0.478. The summed E-state index contributed by atoms with van der Waals surface area (Å²) in [4.78, 5) is 7.02. The van der Waals surface area contributed by atoms with E-state index in [1.807, 2.05) is 0 Å². The molecule has 0 aromatic rings. The van der Waals surface area contributed by atoms with E-state index < -0.39 is 0 Å². The SMILES string of the molecule is CCNC(=NCC(CC(C)C)N(C)C)NCCCOC1CCOC1. The van der Waals surface area contributed by atoms with Gasteiger partial charge in [-0.15, -0.1) is 0 Å². The fraction of sp³-hybridized carbons (Fsp3) is 0.944. The molecule has 2 atom stereocenters. The first kappa shape index (κ1) is 21.2. The van der Waals surface area contributed by atoms with Gasteiger partial charge in [-0.1, -0.05) is 13.8 Å². The molecule has 2 N–H and O–H groups in total. The van der Waals surface area contributed by atoms with Crippen molar-refractivity contribution in [2.75, 3.05) is 53.6 Å². The number of rotatable bonds is 11. The quantitative estimate of drug-likeness (QED) is 0.340. The first-order valence-corrected chi connectivity index (χ1v) is 9.40. The number of nitrogens with one attached hydrogen (secondary N) is 2. The molecule has 6 heteroatoms. The third kappa shape index (κ3) is 9.45. The molecule has 0 aliphatic carbocycles. The number of aliphatic imine (C=N–C) groups is 1. The van der Waals surface area contributed by atoms with Gasteiger partial charge >= 0.3 is 0 Å². The van der Waals surface area contributed by atoms with Gasteiger partial charge < -0.3 is 25.0 Å². The summed E-state index contributed by atoms with van der Waals surface area (Å²) in [5.41, 5.74) is 0. The van der Waals surface area contributed by atoms with Crippen LogP contribution in [0, 0.1) is 5.92 Å². The van der Waals surface area contributed by atoms with Crippen LogP contribution in [0.5, 0.6) is 0 Å². The van der Waals surface area contributed by atoms with Gasteiger partial charge in [0.25, 0.3) is 0 Å². The lowest BCUT2D eigenvalue weighted by molar-refractivity contribution is 0.0420. The second-order valence-electron chi connectivity index (χ2n) is 7.10. The Morgan fingerprint density at radius 1 is 1.33 bits per heavy atom. The maximum Gasteiger partial charge on any atom is 0.191 e. The van der Waals surface area contributed by atoms with Crippen molar-refractivity contribution < 1.29 is 9.47 Å². The molecule has 0 bridgehead atoms. The number of hydrogen-bond donors (Lipinski definition) is 2. The first-order chi connectivity index (χ1) is 11.5.